The molecule has 3 rings (SSSR count). The molecule has 0 saturated carbocycles. The Labute approximate surface area is 210 Å². The van der Waals surface area contributed by atoms with Crippen molar-refractivity contribution in [2.75, 3.05) is 14.2 Å². The molecule has 1 amide bonds. The number of nitrogens with one attached hydrogen (secondary N) is 1. The summed E-state index contributed by atoms with van der Waals surface area (Å²) in [4.78, 5) is 24.5. The molecule has 0 spiro atoms. The van der Waals surface area contributed by atoms with E-state index in [0.29, 0.717) is 38.6 Å². The van der Waals surface area contributed by atoms with Crippen LogP contribution in [0, 0.1) is 11.3 Å². The molecule has 35 heavy (non-hydrogen) atoms. The molecule has 0 aliphatic carbocycles. The standard InChI is InChI=1S/C26H21BrN2O6/c1-32-23-14-18(13-22(27)25(23)33-2)7-10-24(30)35-20-8-5-17(6-9-20)12-19(15-28)26(31)29-16-21-4-3-11-34-21/h3-14H,16H2,1-2H3,(H,29,31)/b10-7+,19-12+. The number of furan rings is 1. The molecule has 0 bridgehead atoms. The van der Waals surface area contributed by atoms with Gasteiger partial charge in [0.25, 0.3) is 5.91 Å². The van der Waals surface area contributed by atoms with E-state index in [4.69, 9.17) is 18.6 Å². The average molecular weight is 537 g/mol. The Morgan fingerprint density at radius 1 is 1.11 bits per heavy atom. The highest BCUT2D eigenvalue weighted by molar-refractivity contribution is 9.10. The van der Waals surface area contributed by atoms with Gasteiger partial charge < -0.3 is 23.9 Å². The maximum atomic E-state index is 12.2. The summed E-state index contributed by atoms with van der Waals surface area (Å²) in [7, 11) is 3.06. The Kier molecular flexibility index (Phi) is 8.87. The van der Waals surface area contributed by atoms with Crippen LogP contribution in [0.5, 0.6) is 17.2 Å². The summed E-state index contributed by atoms with van der Waals surface area (Å²) in [5, 5.41) is 11.9. The molecule has 0 aliphatic heterocycles. The van der Waals surface area contributed by atoms with Gasteiger partial charge in [0.15, 0.2) is 11.5 Å². The van der Waals surface area contributed by atoms with Gasteiger partial charge >= 0.3 is 5.97 Å². The number of hydrogen-bond acceptors (Lipinski definition) is 7. The molecule has 1 aromatic heterocycles. The van der Waals surface area contributed by atoms with E-state index in [-0.39, 0.29) is 12.1 Å². The normalized spacial score (nSPS) is 11.1. The van der Waals surface area contributed by atoms with E-state index in [9.17, 15) is 14.9 Å². The van der Waals surface area contributed by atoms with E-state index in [0.717, 1.165) is 0 Å². The number of carbonyl (C=O) groups excluding carboxylic acids is 2. The summed E-state index contributed by atoms with van der Waals surface area (Å²) in [5.41, 5.74) is 1.24. The molecule has 3 aromatic rings. The monoisotopic (exact) mass is 536 g/mol. The molecule has 0 radical (unpaired) electrons. The number of nitriles is 1. The highest BCUT2D eigenvalue weighted by Gasteiger charge is 2.11. The summed E-state index contributed by atoms with van der Waals surface area (Å²) >= 11 is 3.41. The van der Waals surface area contributed by atoms with E-state index in [1.165, 1.54) is 32.6 Å². The minimum Gasteiger partial charge on any atom is -0.493 e. The van der Waals surface area contributed by atoms with Crippen molar-refractivity contribution in [1.29, 1.82) is 5.26 Å². The lowest BCUT2D eigenvalue weighted by molar-refractivity contribution is -0.128. The molecule has 1 heterocycles. The summed E-state index contributed by atoms with van der Waals surface area (Å²) < 4.78 is 21.7. The van der Waals surface area contributed by atoms with Crippen molar-refractivity contribution >= 4 is 40.0 Å². The molecule has 178 valence electrons. The molecule has 2 aromatic carbocycles. The molecule has 0 saturated heterocycles. The maximum Gasteiger partial charge on any atom is 0.336 e. The third-order valence-corrected chi connectivity index (χ3v) is 5.23. The number of carbonyl (C=O) groups is 2. The van der Waals surface area contributed by atoms with Crippen LogP contribution < -0.4 is 19.5 Å². The number of hydrogen-bond donors (Lipinski definition) is 1. The van der Waals surface area contributed by atoms with Gasteiger partial charge in [0, 0.05) is 6.08 Å². The number of esters is 1. The van der Waals surface area contributed by atoms with Crippen LogP contribution in [0.15, 0.2) is 75.3 Å². The summed E-state index contributed by atoms with van der Waals surface area (Å²) in [6, 6.07) is 15.2. The van der Waals surface area contributed by atoms with Crippen LogP contribution in [0.2, 0.25) is 0 Å². The number of rotatable bonds is 9. The van der Waals surface area contributed by atoms with Crippen LogP contribution in [-0.4, -0.2) is 26.1 Å². The summed E-state index contributed by atoms with van der Waals surface area (Å²) in [6.07, 6.45) is 5.82. The average Bonchev–Trinajstić information content (AvgIpc) is 3.39. The molecule has 9 heteroatoms. The van der Waals surface area contributed by atoms with Gasteiger partial charge in [-0.1, -0.05) is 12.1 Å². The summed E-state index contributed by atoms with van der Waals surface area (Å²) in [5.74, 6) is 0.863. The lowest BCUT2D eigenvalue weighted by Crippen LogP contribution is -2.23. The predicted octanol–water partition coefficient (Wildman–Crippen LogP) is 4.90. The Hall–Kier alpha value is -4.29. The van der Waals surface area contributed by atoms with Gasteiger partial charge in [-0.05, 0) is 75.6 Å². The van der Waals surface area contributed by atoms with Crippen LogP contribution in [-0.2, 0) is 16.1 Å². The first-order valence-corrected chi connectivity index (χ1v) is 11.1. The molecular formula is C26H21BrN2O6. The zero-order chi connectivity index (χ0) is 25.2. The van der Waals surface area contributed by atoms with Gasteiger partial charge in [-0.15, -0.1) is 0 Å². The third kappa shape index (κ3) is 7.09. The van der Waals surface area contributed by atoms with Gasteiger partial charge in [0.2, 0.25) is 0 Å². The lowest BCUT2D eigenvalue weighted by atomic mass is 10.1. The van der Waals surface area contributed by atoms with Gasteiger partial charge in [-0.3, -0.25) is 4.79 Å². The minimum atomic E-state index is -0.575. The molecular weight excluding hydrogens is 516 g/mol. The second-order valence-electron chi connectivity index (χ2n) is 6.99. The third-order valence-electron chi connectivity index (χ3n) is 4.65. The quantitative estimate of drug-likeness (QED) is 0.179. The molecule has 0 unspecified atom stereocenters. The number of ether oxygens (including phenoxy) is 3. The van der Waals surface area contributed by atoms with E-state index in [2.05, 4.69) is 21.2 Å². The number of benzene rings is 2. The van der Waals surface area contributed by atoms with Gasteiger partial charge in [0.1, 0.15) is 23.2 Å². The van der Waals surface area contributed by atoms with E-state index in [1.807, 2.05) is 6.07 Å². The fourth-order valence-corrected chi connectivity index (χ4v) is 3.59. The Morgan fingerprint density at radius 3 is 2.51 bits per heavy atom. The van der Waals surface area contributed by atoms with Crippen LogP contribution >= 0.6 is 15.9 Å². The van der Waals surface area contributed by atoms with Crippen molar-refractivity contribution in [3.8, 4) is 23.3 Å². The first-order chi connectivity index (χ1) is 16.9. The van der Waals surface area contributed by atoms with Crippen LogP contribution in [0.25, 0.3) is 12.2 Å². The van der Waals surface area contributed by atoms with Crippen LogP contribution in [0.3, 0.4) is 0 Å². The van der Waals surface area contributed by atoms with E-state index in [1.54, 1.807) is 54.6 Å². The zero-order valence-electron chi connectivity index (χ0n) is 18.9. The predicted molar refractivity (Wildman–Crippen MR) is 133 cm³/mol. The van der Waals surface area contributed by atoms with Crippen molar-refractivity contribution in [2.24, 2.45) is 0 Å². The number of halogens is 1. The molecule has 8 nitrogen and oxygen atoms in total. The largest absolute Gasteiger partial charge is 0.493 e. The van der Waals surface area contributed by atoms with Gasteiger partial charge in [0.05, 0.1) is 31.5 Å². The SMILES string of the molecule is COc1cc(/C=C/C(=O)Oc2ccc(/C=C(\C#N)C(=O)NCc3ccco3)cc2)cc(Br)c1OC. The molecule has 0 atom stereocenters. The fraction of sp³-hybridized carbons (Fsp3) is 0.115. The topological polar surface area (TPSA) is 111 Å². The van der Waals surface area contributed by atoms with E-state index < -0.39 is 11.9 Å². The summed E-state index contributed by atoms with van der Waals surface area (Å²) in [6.45, 7) is 0.174. The number of nitrogens with zero attached hydrogens (tertiary/aromatic N) is 1. The Morgan fingerprint density at radius 2 is 1.89 bits per heavy atom. The van der Waals surface area contributed by atoms with Crippen molar-refractivity contribution in [3.05, 3.63) is 87.8 Å². The number of methoxy groups -OCH3 is 2. The van der Waals surface area contributed by atoms with Crippen molar-refractivity contribution in [1.82, 2.24) is 5.32 Å². The second kappa shape index (κ2) is 12.3. The van der Waals surface area contributed by atoms with Crippen LogP contribution in [0.4, 0.5) is 0 Å². The van der Waals surface area contributed by atoms with E-state index >= 15 is 0 Å². The van der Waals surface area contributed by atoms with Crippen molar-refractivity contribution in [2.45, 2.75) is 6.54 Å². The smallest absolute Gasteiger partial charge is 0.336 e. The van der Waals surface area contributed by atoms with Crippen molar-refractivity contribution in [3.63, 3.8) is 0 Å². The molecule has 1 N–H and O–H groups in total. The first-order valence-electron chi connectivity index (χ1n) is 10.3. The highest BCUT2D eigenvalue weighted by atomic mass is 79.9. The molecule has 0 aliphatic rings. The first kappa shape index (κ1) is 25.3. The second-order valence-corrected chi connectivity index (χ2v) is 7.85. The Balaban J connectivity index is 1.61. The van der Waals surface area contributed by atoms with Crippen molar-refractivity contribution < 1.29 is 28.2 Å². The van der Waals surface area contributed by atoms with Gasteiger partial charge in [-0.25, -0.2) is 4.79 Å². The highest BCUT2D eigenvalue weighted by Crippen LogP contribution is 2.36. The minimum absolute atomic E-state index is 0.0645. The number of amides is 1. The lowest BCUT2D eigenvalue weighted by Gasteiger charge is -2.10. The zero-order valence-corrected chi connectivity index (χ0v) is 20.5. The van der Waals surface area contributed by atoms with Gasteiger partial charge in [-0.2, -0.15) is 5.26 Å². The molecule has 0 fully saturated rings. The fourth-order valence-electron chi connectivity index (χ4n) is 2.97. The maximum absolute atomic E-state index is 12.2. The van der Waals surface area contributed by atoms with Crippen LogP contribution in [0.1, 0.15) is 16.9 Å². The Bertz CT molecular complexity index is 1290.